The molecule has 0 spiro atoms. The van der Waals surface area contributed by atoms with E-state index in [4.69, 9.17) is 0 Å². The highest BCUT2D eigenvalue weighted by Gasteiger charge is 2.19. The molecule has 0 saturated carbocycles. The maximum absolute atomic E-state index is 12.2. The van der Waals surface area contributed by atoms with Crippen molar-refractivity contribution in [1.29, 1.82) is 0 Å². The van der Waals surface area contributed by atoms with Crippen molar-refractivity contribution in [2.75, 3.05) is 6.54 Å². The van der Waals surface area contributed by atoms with Crippen molar-refractivity contribution in [3.63, 3.8) is 0 Å². The van der Waals surface area contributed by atoms with Gasteiger partial charge in [0, 0.05) is 14.5 Å². The molecule has 2 aromatic rings. The Morgan fingerprint density at radius 3 is 2.38 bits per heavy atom. The highest BCUT2D eigenvalue weighted by molar-refractivity contribution is 9.11. The third-order valence-corrected chi connectivity index (χ3v) is 5.59. The van der Waals surface area contributed by atoms with E-state index in [-0.39, 0.29) is 17.2 Å². The lowest BCUT2D eigenvalue weighted by Crippen LogP contribution is -2.30. The summed E-state index contributed by atoms with van der Waals surface area (Å²) in [5.41, 5.74) is 0.466. The van der Waals surface area contributed by atoms with Crippen LogP contribution in [0.1, 0.15) is 10.4 Å². The van der Waals surface area contributed by atoms with Crippen LogP contribution in [0.2, 0.25) is 0 Å². The van der Waals surface area contributed by atoms with Crippen LogP contribution in [0, 0.1) is 0 Å². The Hall–Kier alpha value is -1.02. The highest BCUT2D eigenvalue weighted by Crippen LogP contribution is 2.25. The number of benzene rings is 2. The molecule has 0 aliphatic rings. The maximum atomic E-state index is 12.2. The number of hydrogen-bond acceptors (Lipinski definition) is 3. The van der Waals surface area contributed by atoms with Crippen molar-refractivity contribution < 1.29 is 13.2 Å². The summed E-state index contributed by atoms with van der Waals surface area (Å²) in [5.74, 6) is -0.287. The van der Waals surface area contributed by atoms with Gasteiger partial charge in [-0.1, -0.05) is 46.3 Å². The van der Waals surface area contributed by atoms with Gasteiger partial charge >= 0.3 is 0 Å². The van der Waals surface area contributed by atoms with Crippen LogP contribution in [-0.2, 0) is 10.0 Å². The minimum absolute atomic E-state index is 0.0812. The van der Waals surface area contributed by atoms with Crippen molar-refractivity contribution in [3.8, 4) is 0 Å². The number of ketones is 1. The molecule has 7 heteroatoms. The number of halogens is 2. The van der Waals surface area contributed by atoms with Gasteiger partial charge in [0.1, 0.15) is 0 Å². The second kappa shape index (κ2) is 6.83. The average molecular weight is 433 g/mol. The molecule has 1 N–H and O–H groups in total. The van der Waals surface area contributed by atoms with E-state index in [1.54, 1.807) is 42.5 Å². The van der Waals surface area contributed by atoms with Crippen LogP contribution in [-0.4, -0.2) is 20.7 Å². The van der Waals surface area contributed by atoms with E-state index in [0.717, 1.165) is 0 Å². The number of carbonyl (C=O) groups is 1. The van der Waals surface area contributed by atoms with Crippen molar-refractivity contribution in [2.45, 2.75) is 4.90 Å². The first kappa shape index (κ1) is 16.4. The zero-order valence-electron chi connectivity index (χ0n) is 10.7. The number of Topliss-reactive ketones (excluding diaryl/α,β-unsaturated/α-hetero) is 1. The molecule has 0 amide bonds. The number of rotatable bonds is 5. The lowest BCUT2D eigenvalue weighted by Gasteiger charge is -2.08. The summed E-state index contributed by atoms with van der Waals surface area (Å²) in [6.07, 6.45) is 0. The van der Waals surface area contributed by atoms with Crippen LogP contribution >= 0.6 is 31.9 Å². The fourth-order valence-corrected chi connectivity index (χ4v) is 4.13. The van der Waals surface area contributed by atoms with Crippen LogP contribution in [0.3, 0.4) is 0 Å². The third kappa shape index (κ3) is 4.23. The van der Waals surface area contributed by atoms with Crippen molar-refractivity contribution in [1.82, 2.24) is 4.72 Å². The number of carbonyl (C=O) groups excluding carboxylic acids is 1. The topological polar surface area (TPSA) is 63.2 Å². The lowest BCUT2D eigenvalue weighted by molar-refractivity contribution is 0.0997. The molecule has 0 heterocycles. The molecule has 21 heavy (non-hydrogen) atoms. The zero-order chi connectivity index (χ0) is 15.5. The van der Waals surface area contributed by atoms with Gasteiger partial charge in [-0.25, -0.2) is 13.1 Å². The van der Waals surface area contributed by atoms with Crippen molar-refractivity contribution in [2.24, 2.45) is 0 Å². The minimum Gasteiger partial charge on any atom is -0.293 e. The number of nitrogens with one attached hydrogen (secondary N) is 1. The van der Waals surface area contributed by atoms with Gasteiger partial charge < -0.3 is 0 Å². The van der Waals surface area contributed by atoms with Gasteiger partial charge in [0.05, 0.1) is 11.4 Å². The summed E-state index contributed by atoms with van der Waals surface area (Å²) in [7, 11) is -3.76. The summed E-state index contributed by atoms with van der Waals surface area (Å²) in [6, 6.07) is 13.4. The molecule has 0 fully saturated rings. The molecule has 0 unspecified atom stereocenters. The Bertz CT molecular complexity index is 761. The first-order chi connectivity index (χ1) is 9.90. The Kier molecular flexibility index (Phi) is 5.32. The predicted octanol–water partition coefficient (Wildman–Crippen LogP) is 3.37. The van der Waals surface area contributed by atoms with Crippen LogP contribution < -0.4 is 4.72 Å². The number of hydrogen-bond donors (Lipinski definition) is 1. The molecule has 4 nitrogen and oxygen atoms in total. The van der Waals surface area contributed by atoms with E-state index in [2.05, 4.69) is 36.6 Å². The van der Waals surface area contributed by atoms with E-state index in [9.17, 15) is 13.2 Å². The van der Waals surface area contributed by atoms with Gasteiger partial charge in [-0.2, -0.15) is 0 Å². The number of sulfonamides is 1. The normalized spacial score (nSPS) is 11.3. The van der Waals surface area contributed by atoms with Gasteiger partial charge in [-0.3, -0.25) is 4.79 Å². The van der Waals surface area contributed by atoms with Gasteiger partial charge in [-0.15, -0.1) is 0 Å². The molecule has 0 bridgehead atoms. The molecule has 0 aliphatic heterocycles. The summed E-state index contributed by atoms with van der Waals surface area (Å²) < 4.78 is 27.8. The second-order valence-electron chi connectivity index (χ2n) is 4.19. The maximum Gasteiger partial charge on any atom is 0.242 e. The summed E-state index contributed by atoms with van der Waals surface area (Å²) in [6.45, 7) is -0.286. The zero-order valence-corrected chi connectivity index (χ0v) is 14.7. The molecule has 0 aromatic heterocycles. The lowest BCUT2D eigenvalue weighted by atomic mass is 10.1. The van der Waals surface area contributed by atoms with Crippen LogP contribution in [0.4, 0.5) is 0 Å². The highest BCUT2D eigenvalue weighted by atomic mass is 79.9. The fourth-order valence-electron chi connectivity index (χ4n) is 1.65. The smallest absolute Gasteiger partial charge is 0.242 e. The summed E-state index contributed by atoms with van der Waals surface area (Å²) in [4.78, 5) is 12.0. The molecule has 0 atom stereocenters. The van der Waals surface area contributed by atoms with Crippen molar-refractivity contribution in [3.05, 3.63) is 63.0 Å². The van der Waals surface area contributed by atoms with Gasteiger partial charge in [0.25, 0.3) is 0 Å². The van der Waals surface area contributed by atoms with E-state index in [1.165, 1.54) is 6.07 Å². The predicted molar refractivity (Wildman–Crippen MR) is 87.8 cm³/mol. The van der Waals surface area contributed by atoms with Crippen LogP contribution in [0.15, 0.2) is 62.4 Å². The summed E-state index contributed by atoms with van der Waals surface area (Å²) >= 11 is 6.42. The monoisotopic (exact) mass is 431 g/mol. The fraction of sp³-hybridized carbons (Fsp3) is 0.0714. The van der Waals surface area contributed by atoms with Gasteiger partial charge in [0.15, 0.2) is 5.78 Å². The largest absolute Gasteiger partial charge is 0.293 e. The van der Waals surface area contributed by atoms with E-state index >= 15 is 0 Å². The molecule has 0 saturated heterocycles. The quantitative estimate of drug-likeness (QED) is 0.736. The standard InChI is InChI=1S/C14H11Br2NO3S/c15-11-6-7-12(16)14(8-11)21(19,20)17-9-13(18)10-4-2-1-3-5-10/h1-8,17H,9H2. The second-order valence-corrected chi connectivity index (χ2v) is 7.69. The molecule has 2 aromatic carbocycles. The Labute approximate surface area is 139 Å². The first-order valence-corrected chi connectivity index (χ1v) is 9.00. The first-order valence-electron chi connectivity index (χ1n) is 5.93. The average Bonchev–Trinajstić information content (AvgIpc) is 2.48. The van der Waals surface area contributed by atoms with Gasteiger partial charge in [0.2, 0.25) is 10.0 Å². The summed E-state index contributed by atoms with van der Waals surface area (Å²) in [5, 5.41) is 0. The Morgan fingerprint density at radius 2 is 1.71 bits per heavy atom. The molecule has 2 rings (SSSR count). The molecular formula is C14H11Br2NO3S. The van der Waals surface area contributed by atoms with Crippen molar-refractivity contribution >= 4 is 47.7 Å². The molecular weight excluding hydrogens is 422 g/mol. The third-order valence-electron chi connectivity index (χ3n) is 2.70. The Morgan fingerprint density at radius 1 is 1.05 bits per heavy atom. The Balaban J connectivity index is 2.15. The molecule has 0 aliphatic carbocycles. The minimum atomic E-state index is -3.76. The molecule has 0 radical (unpaired) electrons. The van der Waals surface area contributed by atoms with E-state index < -0.39 is 10.0 Å². The van der Waals surface area contributed by atoms with E-state index in [0.29, 0.717) is 14.5 Å². The van der Waals surface area contributed by atoms with Crippen LogP contribution in [0.5, 0.6) is 0 Å². The van der Waals surface area contributed by atoms with E-state index in [1.807, 2.05) is 0 Å². The SMILES string of the molecule is O=C(CNS(=O)(=O)c1cc(Br)ccc1Br)c1ccccc1. The molecule has 110 valence electrons. The van der Waals surface area contributed by atoms with Crippen LogP contribution in [0.25, 0.3) is 0 Å². The van der Waals surface area contributed by atoms with Gasteiger partial charge in [-0.05, 0) is 34.1 Å².